The Bertz CT molecular complexity index is 818. The van der Waals surface area contributed by atoms with Gasteiger partial charge in [-0.3, -0.25) is 14.3 Å². The van der Waals surface area contributed by atoms with Gasteiger partial charge in [-0.25, -0.2) is 4.39 Å². The SMILES string of the molecule is CC(NC(=O)CC1C(=O)Nc2ccc(F)cc21)c1nn(C)cc1O. The van der Waals surface area contributed by atoms with Gasteiger partial charge < -0.3 is 15.7 Å². The molecule has 0 saturated heterocycles. The molecule has 0 bridgehead atoms. The molecule has 0 aliphatic carbocycles. The fraction of sp³-hybridized carbons (Fsp3) is 0.312. The second-order valence-corrected chi connectivity index (χ2v) is 5.84. The van der Waals surface area contributed by atoms with Crippen LogP contribution >= 0.6 is 0 Å². The molecule has 2 unspecified atom stereocenters. The molecule has 1 aliphatic rings. The highest BCUT2D eigenvalue weighted by Crippen LogP contribution is 2.35. The molecule has 8 heteroatoms. The van der Waals surface area contributed by atoms with Crippen LogP contribution in [0.1, 0.15) is 36.6 Å². The zero-order chi connectivity index (χ0) is 17.4. The van der Waals surface area contributed by atoms with Crippen LogP contribution in [0.2, 0.25) is 0 Å². The van der Waals surface area contributed by atoms with Crippen molar-refractivity contribution in [1.82, 2.24) is 15.1 Å². The van der Waals surface area contributed by atoms with Crippen molar-refractivity contribution in [2.24, 2.45) is 7.05 Å². The number of nitrogens with zero attached hydrogens (tertiary/aromatic N) is 2. The average molecular weight is 332 g/mol. The number of anilines is 1. The minimum absolute atomic E-state index is 0.0173. The van der Waals surface area contributed by atoms with E-state index in [1.54, 1.807) is 14.0 Å². The van der Waals surface area contributed by atoms with Gasteiger partial charge in [0.25, 0.3) is 0 Å². The molecule has 1 aliphatic heterocycles. The third-order valence-corrected chi connectivity index (χ3v) is 3.98. The van der Waals surface area contributed by atoms with Crippen molar-refractivity contribution in [2.45, 2.75) is 25.3 Å². The normalized spacial score (nSPS) is 17.3. The Morgan fingerprint density at radius 3 is 2.96 bits per heavy atom. The zero-order valence-electron chi connectivity index (χ0n) is 13.2. The lowest BCUT2D eigenvalue weighted by Gasteiger charge is -2.14. The van der Waals surface area contributed by atoms with E-state index in [0.717, 1.165) is 0 Å². The molecule has 2 heterocycles. The summed E-state index contributed by atoms with van der Waals surface area (Å²) < 4.78 is 14.8. The molecule has 2 amide bonds. The zero-order valence-corrected chi connectivity index (χ0v) is 13.2. The molecule has 2 atom stereocenters. The van der Waals surface area contributed by atoms with Gasteiger partial charge in [-0.2, -0.15) is 5.10 Å². The molecule has 1 aromatic heterocycles. The Morgan fingerprint density at radius 1 is 1.54 bits per heavy atom. The Hall–Kier alpha value is -2.90. The third-order valence-electron chi connectivity index (χ3n) is 3.98. The van der Waals surface area contributed by atoms with Crippen LogP contribution in [0.3, 0.4) is 0 Å². The molecule has 2 aromatic rings. The number of halogens is 1. The average Bonchev–Trinajstić information content (AvgIpc) is 2.99. The summed E-state index contributed by atoms with van der Waals surface area (Å²) in [7, 11) is 1.66. The van der Waals surface area contributed by atoms with Crippen LogP contribution < -0.4 is 10.6 Å². The van der Waals surface area contributed by atoms with Gasteiger partial charge in [0, 0.05) is 19.2 Å². The highest BCUT2D eigenvalue weighted by molar-refractivity contribution is 6.04. The fourth-order valence-corrected chi connectivity index (χ4v) is 2.86. The second-order valence-electron chi connectivity index (χ2n) is 5.84. The number of hydrogen-bond donors (Lipinski definition) is 3. The molecule has 0 spiro atoms. The number of hydrogen-bond acceptors (Lipinski definition) is 4. The minimum Gasteiger partial charge on any atom is -0.504 e. The summed E-state index contributed by atoms with van der Waals surface area (Å²) in [5, 5.41) is 19.2. The third kappa shape index (κ3) is 2.94. The molecular weight excluding hydrogens is 315 g/mol. The number of nitrogens with one attached hydrogen (secondary N) is 2. The molecule has 7 nitrogen and oxygen atoms in total. The van der Waals surface area contributed by atoms with E-state index in [4.69, 9.17) is 0 Å². The van der Waals surface area contributed by atoms with E-state index in [2.05, 4.69) is 15.7 Å². The standard InChI is InChI=1S/C16H17FN4O3/c1-8(15-13(22)7-21(2)20-15)18-14(23)6-11-10-5-9(17)3-4-12(10)19-16(11)24/h3-5,7-8,11,22H,6H2,1-2H3,(H,18,23)(H,19,24). The van der Waals surface area contributed by atoms with Crippen molar-refractivity contribution in [1.29, 1.82) is 0 Å². The Labute approximate surface area is 137 Å². The lowest BCUT2D eigenvalue weighted by atomic mass is 9.96. The van der Waals surface area contributed by atoms with Crippen molar-refractivity contribution in [2.75, 3.05) is 5.32 Å². The van der Waals surface area contributed by atoms with Crippen LogP contribution in [0.4, 0.5) is 10.1 Å². The lowest BCUT2D eigenvalue weighted by Crippen LogP contribution is -2.29. The fourth-order valence-electron chi connectivity index (χ4n) is 2.86. The van der Waals surface area contributed by atoms with Crippen LogP contribution in [-0.4, -0.2) is 26.7 Å². The molecule has 3 N–H and O–H groups in total. The van der Waals surface area contributed by atoms with Gasteiger partial charge in [-0.1, -0.05) is 0 Å². The largest absolute Gasteiger partial charge is 0.504 e. The van der Waals surface area contributed by atoms with E-state index in [1.165, 1.54) is 29.1 Å². The molecule has 0 radical (unpaired) electrons. The summed E-state index contributed by atoms with van der Waals surface area (Å²) in [5.41, 5.74) is 1.34. The number of fused-ring (bicyclic) bond motifs is 1. The first-order chi connectivity index (χ1) is 11.3. The van der Waals surface area contributed by atoms with Crippen molar-refractivity contribution >= 4 is 17.5 Å². The topological polar surface area (TPSA) is 96.3 Å². The summed E-state index contributed by atoms with van der Waals surface area (Å²) >= 11 is 0. The predicted octanol–water partition coefficient (Wildman–Crippen LogP) is 1.57. The van der Waals surface area contributed by atoms with Gasteiger partial charge in [0.1, 0.15) is 11.5 Å². The second kappa shape index (κ2) is 5.95. The number of carbonyl (C=O) groups is 2. The number of rotatable bonds is 4. The van der Waals surface area contributed by atoms with Gasteiger partial charge in [-0.05, 0) is 30.7 Å². The smallest absolute Gasteiger partial charge is 0.232 e. The molecule has 0 fully saturated rings. The predicted molar refractivity (Wildman–Crippen MR) is 83.8 cm³/mol. The first-order valence-corrected chi connectivity index (χ1v) is 7.47. The summed E-state index contributed by atoms with van der Waals surface area (Å²) in [6, 6.07) is 3.48. The maximum absolute atomic E-state index is 13.4. The molecule has 24 heavy (non-hydrogen) atoms. The van der Waals surface area contributed by atoms with Crippen molar-refractivity contribution < 1.29 is 19.1 Å². The number of aromatic nitrogens is 2. The van der Waals surface area contributed by atoms with E-state index in [-0.39, 0.29) is 24.0 Å². The summed E-state index contributed by atoms with van der Waals surface area (Å²) in [5.74, 6) is -1.93. The van der Waals surface area contributed by atoms with E-state index in [9.17, 15) is 19.1 Å². The number of aromatic hydroxyl groups is 1. The van der Waals surface area contributed by atoms with Crippen LogP contribution in [-0.2, 0) is 16.6 Å². The van der Waals surface area contributed by atoms with E-state index < -0.39 is 17.8 Å². The molecule has 126 valence electrons. The van der Waals surface area contributed by atoms with E-state index >= 15 is 0 Å². The Balaban J connectivity index is 1.70. The van der Waals surface area contributed by atoms with Gasteiger partial charge in [0.15, 0.2) is 5.75 Å². The maximum atomic E-state index is 13.4. The van der Waals surface area contributed by atoms with Gasteiger partial charge >= 0.3 is 0 Å². The van der Waals surface area contributed by atoms with Crippen LogP contribution in [0.25, 0.3) is 0 Å². The van der Waals surface area contributed by atoms with Gasteiger partial charge in [0.2, 0.25) is 11.8 Å². The highest BCUT2D eigenvalue weighted by Gasteiger charge is 2.33. The van der Waals surface area contributed by atoms with Crippen molar-refractivity contribution in [3.63, 3.8) is 0 Å². The highest BCUT2D eigenvalue weighted by atomic mass is 19.1. The first-order valence-electron chi connectivity index (χ1n) is 7.47. The van der Waals surface area contributed by atoms with Gasteiger partial charge in [-0.15, -0.1) is 0 Å². The van der Waals surface area contributed by atoms with Crippen molar-refractivity contribution in [3.05, 3.63) is 41.5 Å². The maximum Gasteiger partial charge on any atom is 0.232 e. The molecule has 1 aromatic carbocycles. The summed E-state index contributed by atoms with van der Waals surface area (Å²) in [6.45, 7) is 1.68. The van der Waals surface area contributed by atoms with E-state index in [0.29, 0.717) is 16.9 Å². The Kier molecular flexibility index (Phi) is 3.96. The minimum atomic E-state index is -0.736. The van der Waals surface area contributed by atoms with Crippen LogP contribution in [0.5, 0.6) is 5.75 Å². The Morgan fingerprint density at radius 2 is 2.29 bits per heavy atom. The first kappa shape index (κ1) is 16.0. The van der Waals surface area contributed by atoms with E-state index in [1.807, 2.05) is 0 Å². The van der Waals surface area contributed by atoms with Crippen molar-refractivity contribution in [3.8, 4) is 5.75 Å². The lowest BCUT2D eigenvalue weighted by molar-refractivity contribution is -0.125. The number of benzene rings is 1. The number of amides is 2. The number of carbonyl (C=O) groups excluding carboxylic acids is 2. The molecule has 0 saturated carbocycles. The summed E-state index contributed by atoms with van der Waals surface area (Å²) in [6.07, 6.45) is 1.32. The van der Waals surface area contributed by atoms with Crippen LogP contribution in [0, 0.1) is 5.82 Å². The number of aryl methyl sites for hydroxylation is 1. The quantitative estimate of drug-likeness (QED) is 0.792. The molecular formula is C16H17FN4O3. The monoisotopic (exact) mass is 332 g/mol. The summed E-state index contributed by atoms with van der Waals surface area (Å²) in [4.78, 5) is 24.3. The molecule has 3 rings (SSSR count). The van der Waals surface area contributed by atoms with Gasteiger partial charge in [0.05, 0.1) is 18.2 Å². The van der Waals surface area contributed by atoms with Crippen LogP contribution in [0.15, 0.2) is 24.4 Å².